The molecule has 0 atom stereocenters. The number of para-hydroxylation sites is 2. The van der Waals surface area contributed by atoms with Crippen molar-refractivity contribution in [1.82, 2.24) is 10.9 Å². The van der Waals surface area contributed by atoms with E-state index < -0.39 is 11.8 Å². The van der Waals surface area contributed by atoms with Crippen LogP contribution in [0.25, 0.3) is 6.08 Å². The second-order valence-electron chi connectivity index (χ2n) is 6.19. The Morgan fingerprint density at radius 3 is 2.13 bits per heavy atom. The number of hydrogen-bond donors (Lipinski definition) is 2. The molecule has 0 unspecified atom stereocenters. The third-order valence-corrected chi connectivity index (χ3v) is 4.01. The van der Waals surface area contributed by atoms with Gasteiger partial charge in [-0.1, -0.05) is 60.7 Å². The number of benzene rings is 3. The number of hydrazine groups is 1. The van der Waals surface area contributed by atoms with E-state index in [2.05, 4.69) is 10.9 Å². The third-order valence-electron chi connectivity index (χ3n) is 4.01. The van der Waals surface area contributed by atoms with E-state index in [1.165, 1.54) is 6.08 Å². The van der Waals surface area contributed by atoms with Crippen molar-refractivity contribution in [2.75, 3.05) is 13.2 Å². The van der Waals surface area contributed by atoms with Gasteiger partial charge in [-0.05, 0) is 35.9 Å². The summed E-state index contributed by atoms with van der Waals surface area (Å²) in [6, 6.07) is 25.6. The SMILES string of the molecule is O=C(/C=C/c1ccccc1)NNC(=O)c1ccccc1OCCOc1ccccc1. The second kappa shape index (κ2) is 11.1. The van der Waals surface area contributed by atoms with E-state index in [0.29, 0.717) is 17.9 Å². The van der Waals surface area contributed by atoms with Crippen LogP contribution in [0.3, 0.4) is 0 Å². The maximum atomic E-state index is 12.4. The number of rotatable bonds is 8. The highest BCUT2D eigenvalue weighted by Gasteiger charge is 2.12. The second-order valence-corrected chi connectivity index (χ2v) is 6.19. The first-order valence-corrected chi connectivity index (χ1v) is 9.45. The van der Waals surface area contributed by atoms with Crippen molar-refractivity contribution < 1.29 is 19.1 Å². The molecule has 2 amide bonds. The van der Waals surface area contributed by atoms with Gasteiger partial charge in [-0.25, -0.2) is 0 Å². The van der Waals surface area contributed by atoms with Gasteiger partial charge in [0.2, 0.25) is 0 Å². The number of ether oxygens (including phenoxy) is 2. The fourth-order valence-corrected chi connectivity index (χ4v) is 2.57. The van der Waals surface area contributed by atoms with Crippen molar-refractivity contribution in [3.63, 3.8) is 0 Å². The molecule has 0 spiro atoms. The predicted molar refractivity (Wildman–Crippen MR) is 115 cm³/mol. The van der Waals surface area contributed by atoms with Gasteiger partial charge in [-0.15, -0.1) is 0 Å². The zero-order valence-electron chi connectivity index (χ0n) is 16.3. The van der Waals surface area contributed by atoms with Crippen LogP contribution in [-0.2, 0) is 4.79 Å². The van der Waals surface area contributed by atoms with Gasteiger partial charge in [0.05, 0.1) is 5.56 Å². The Labute approximate surface area is 175 Å². The van der Waals surface area contributed by atoms with Crippen LogP contribution in [0.2, 0.25) is 0 Å². The molecule has 0 aliphatic heterocycles. The van der Waals surface area contributed by atoms with Gasteiger partial charge < -0.3 is 9.47 Å². The van der Waals surface area contributed by atoms with Gasteiger partial charge in [0.15, 0.2) is 0 Å². The highest BCUT2D eigenvalue weighted by atomic mass is 16.5. The zero-order chi connectivity index (χ0) is 21.0. The van der Waals surface area contributed by atoms with E-state index in [1.807, 2.05) is 60.7 Å². The van der Waals surface area contributed by atoms with Crippen molar-refractivity contribution in [3.8, 4) is 11.5 Å². The standard InChI is InChI=1S/C24H22N2O4/c27-23(16-15-19-9-3-1-4-10-19)25-26-24(28)21-13-7-8-14-22(21)30-18-17-29-20-11-5-2-6-12-20/h1-16H,17-18H2,(H,25,27)(H,26,28)/b16-15+. The van der Waals surface area contributed by atoms with E-state index in [-0.39, 0.29) is 6.61 Å². The average molecular weight is 402 g/mol. The topological polar surface area (TPSA) is 76.7 Å². The van der Waals surface area contributed by atoms with E-state index in [1.54, 1.807) is 30.3 Å². The van der Waals surface area contributed by atoms with Gasteiger partial charge in [0.25, 0.3) is 11.8 Å². The Hall–Kier alpha value is -4.06. The summed E-state index contributed by atoms with van der Waals surface area (Å²) in [6.07, 6.45) is 3.00. The molecule has 6 nitrogen and oxygen atoms in total. The largest absolute Gasteiger partial charge is 0.490 e. The van der Waals surface area contributed by atoms with Crippen LogP contribution in [0.4, 0.5) is 0 Å². The van der Waals surface area contributed by atoms with E-state index in [4.69, 9.17) is 9.47 Å². The number of carbonyl (C=O) groups excluding carboxylic acids is 2. The predicted octanol–water partition coefficient (Wildman–Crippen LogP) is 3.62. The van der Waals surface area contributed by atoms with E-state index in [0.717, 1.165) is 11.3 Å². The Kier molecular flexibility index (Phi) is 7.62. The summed E-state index contributed by atoms with van der Waals surface area (Å²) in [5.41, 5.74) is 5.95. The smallest absolute Gasteiger partial charge is 0.273 e. The molecule has 0 saturated carbocycles. The molecule has 0 saturated heterocycles. The molecule has 0 aliphatic carbocycles. The quantitative estimate of drug-likeness (QED) is 0.343. The summed E-state index contributed by atoms with van der Waals surface area (Å²) in [7, 11) is 0. The van der Waals surface area contributed by atoms with Gasteiger partial charge >= 0.3 is 0 Å². The van der Waals surface area contributed by atoms with Crippen LogP contribution < -0.4 is 20.3 Å². The number of carbonyl (C=O) groups is 2. The summed E-state index contributed by atoms with van der Waals surface area (Å²) >= 11 is 0. The fraction of sp³-hybridized carbons (Fsp3) is 0.0833. The van der Waals surface area contributed by atoms with Crippen molar-refractivity contribution in [2.45, 2.75) is 0 Å². The van der Waals surface area contributed by atoms with Crippen molar-refractivity contribution in [1.29, 1.82) is 0 Å². The summed E-state index contributed by atoms with van der Waals surface area (Å²) in [4.78, 5) is 24.4. The summed E-state index contributed by atoms with van der Waals surface area (Å²) < 4.78 is 11.3. The molecular formula is C24H22N2O4. The normalized spacial score (nSPS) is 10.4. The van der Waals surface area contributed by atoms with Gasteiger partial charge in [0, 0.05) is 6.08 Å². The minimum Gasteiger partial charge on any atom is -0.490 e. The van der Waals surface area contributed by atoms with Crippen LogP contribution in [-0.4, -0.2) is 25.0 Å². The number of amides is 2. The Morgan fingerprint density at radius 2 is 1.37 bits per heavy atom. The molecule has 0 aromatic heterocycles. The van der Waals surface area contributed by atoms with Crippen LogP contribution in [0.15, 0.2) is 91.0 Å². The number of hydrogen-bond acceptors (Lipinski definition) is 4. The maximum absolute atomic E-state index is 12.4. The molecule has 3 aromatic carbocycles. The monoisotopic (exact) mass is 402 g/mol. The summed E-state index contributed by atoms with van der Waals surface area (Å²) in [6.45, 7) is 0.604. The molecule has 3 aromatic rings. The van der Waals surface area contributed by atoms with Crippen molar-refractivity contribution >= 4 is 17.9 Å². The average Bonchev–Trinajstić information content (AvgIpc) is 2.80. The maximum Gasteiger partial charge on any atom is 0.273 e. The van der Waals surface area contributed by atoms with E-state index >= 15 is 0 Å². The highest BCUT2D eigenvalue weighted by Crippen LogP contribution is 2.17. The first-order chi connectivity index (χ1) is 14.7. The molecule has 3 rings (SSSR count). The molecule has 0 heterocycles. The first-order valence-electron chi connectivity index (χ1n) is 9.45. The Morgan fingerprint density at radius 1 is 0.733 bits per heavy atom. The molecule has 0 fully saturated rings. The Balaban J connectivity index is 1.48. The first kappa shape index (κ1) is 20.7. The molecule has 0 aliphatic rings. The molecular weight excluding hydrogens is 380 g/mol. The fourth-order valence-electron chi connectivity index (χ4n) is 2.57. The lowest BCUT2D eigenvalue weighted by Crippen LogP contribution is -2.40. The summed E-state index contributed by atoms with van der Waals surface area (Å²) in [5.74, 6) is 0.233. The number of nitrogens with one attached hydrogen (secondary N) is 2. The van der Waals surface area contributed by atoms with Crippen LogP contribution in [0.1, 0.15) is 15.9 Å². The third kappa shape index (κ3) is 6.53. The lowest BCUT2D eigenvalue weighted by molar-refractivity contribution is -0.117. The van der Waals surface area contributed by atoms with Crippen LogP contribution in [0, 0.1) is 0 Å². The van der Waals surface area contributed by atoms with Gasteiger partial charge in [-0.3, -0.25) is 20.4 Å². The molecule has 0 radical (unpaired) electrons. The van der Waals surface area contributed by atoms with Crippen LogP contribution in [0.5, 0.6) is 11.5 Å². The molecule has 30 heavy (non-hydrogen) atoms. The minimum absolute atomic E-state index is 0.269. The molecule has 2 N–H and O–H groups in total. The lowest BCUT2D eigenvalue weighted by atomic mass is 10.2. The van der Waals surface area contributed by atoms with Gasteiger partial charge in [0.1, 0.15) is 24.7 Å². The highest BCUT2D eigenvalue weighted by molar-refractivity contribution is 5.99. The molecule has 6 heteroatoms. The molecule has 0 bridgehead atoms. The summed E-state index contributed by atoms with van der Waals surface area (Å²) in [5, 5.41) is 0. The zero-order valence-corrected chi connectivity index (χ0v) is 16.3. The van der Waals surface area contributed by atoms with Crippen LogP contribution >= 0.6 is 0 Å². The van der Waals surface area contributed by atoms with Crippen molar-refractivity contribution in [2.24, 2.45) is 0 Å². The van der Waals surface area contributed by atoms with Gasteiger partial charge in [-0.2, -0.15) is 0 Å². The van der Waals surface area contributed by atoms with Crippen molar-refractivity contribution in [3.05, 3.63) is 102 Å². The Bertz CT molecular complexity index is 988. The lowest BCUT2D eigenvalue weighted by Gasteiger charge is -2.12. The minimum atomic E-state index is -0.476. The molecule has 152 valence electrons. The van der Waals surface area contributed by atoms with E-state index in [9.17, 15) is 9.59 Å².